The maximum atomic E-state index is 9.92. The normalized spacial score (nSPS) is 15.3. The van der Waals surface area contributed by atoms with Gasteiger partial charge < -0.3 is 5.11 Å². The quantitative estimate of drug-likeness (QED) is 0.585. The predicted octanol–water partition coefficient (Wildman–Crippen LogP) is 2.67. The van der Waals surface area contributed by atoms with Crippen molar-refractivity contribution in [3.05, 3.63) is 25.3 Å². The molecule has 64 valence electrons. The van der Waals surface area contributed by atoms with Crippen molar-refractivity contribution < 1.29 is 6.48 Å². The molecule has 0 aliphatic heterocycles. The Labute approximate surface area is 70.8 Å². The van der Waals surface area contributed by atoms with Gasteiger partial charge in [0.25, 0.3) is 0 Å². The summed E-state index contributed by atoms with van der Waals surface area (Å²) in [5.74, 6) is 0. The fourth-order valence-corrected chi connectivity index (χ4v) is 1.17. The standard InChI is InChI=1S/C10H18O/c1-4-7-10(11,8-5-2)9-6-3/h4-5,11H,1-2,6-9H2,3H3/i6D. The van der Waals surface area contributed by atoms with Gasteiger partial charge in [0, 0.05) is 1.37 Å². The van der Waals surface area contributed by atoms with Crippen LogP contribution in [0.3, 0.4) is 0 Å². The fraction of sp³-hybridized carbons (Fsp3) is 0.600. The Morgan fingerprint density at radius 1 is 1.45 bits per heavy atom. The molecule has 0 aliphatic carbocycles. The van der Waals surface area contributed by atoms with E-state index in [4.69, 9.17) is 1.37 Å². The first-order chi connectivity index (χ1) is 5.54. The minimum atomic E-state index is -0.801. The zero-order valence-corrected chi connectivity index (χ0v) is 7.21. The largest absolute Gasteiger partial charge is 0.389 e. The lowest BCUT2D eigenvalue weighted by Gasteiger charge is -2.24. The number of aliphatic hydroxyl groups is 1. The van der Waals surface area contributed by atoms with Gasteiger partial charge in [0.15, 0.2) is 0 Å². The van der Waals surface area contributed by atoms with Gasteiger partial charge in [0.2, 0.25) is 0 Å². The van der Waals surface area contributed by atoms with Crippen molar-refractivity contribution in [2.24, 2.45) is 0 Å². The molecule has 0 aromatic rings. The highest BCUT2D eigenvalue weighted by Crippen LogP contribution is 2.22. The minimum absolute atomic E-state index is 0.241. The van der Waals surface area contributed by atoms with Crippen molar-refractivity contribution in [3.63, 3.8) is 0 Å². The van der Waals surface area contributed by atoms with Crippen molar-refractivity contribution in [2.45, 2.75) is 38.2 Å². The average Bonchev–Trinajstić information content (AvgIpc) is 1.85. The van der Waals surface area contributed by atoms with Crippen molar-refractivity contribution in [1.82, 2.24) is 0 Å². The zero-order valence-electron chi connectivity index (χ0n) is 8.21. The topological polar surface area (TPSA) is 20.2 Å². The molecule has 11 heavy (non-hydrogen) atoms. The number of hydrogen-bond acceptors (Lipinski definition) is 1. The highest BCUT2D eigenvalue weighted by Gasteiger charge is 2.21. The smallest absolute Gasteiger partial charge is 0.0716 e. The van der Waals surface area contributed by atoms with Gasteiger partial charge in [-0.2, -0.15) is 0 Å². The van der Waals surface area contributed by atoms with E-state index in [-0.39, 0.29) is 6.40 Å². The molecule has 0 rings (SSSR count). The van der Waals surface area contributed by atoms with E-state index in [2.05, 4.69) is 13.2 Å². The summed E-state index contributed by atoms with van der Waals surface area (Å²) in [4.78, 5) is 0. The summed E-state index contributed by atoms with van der Waals surface area (Å²) in [5.41, 5.74) is -0.801. The second-order valence-corrected chi connectivity index (χ2v) is 2.82. The SMILES string of the molecule is [2H]C(C)CC(O)(CC=C)CC=C. The fourth-order valence-electron chi connectivity index (χ4n) is 1.17. The van der Waals surface area contributed by atoms with Crippen LogP contribution in [-0.4, -0.2) is 10.7 Å². The van der Waals surface area contributed by atoms with Crippen LogP contribution in [0, 0.1) is 0 Å². The average molecular weight is 155 g/mol. The van der Waals surface area contributed by atoms with E-state index in [1.807, 2.05) is 0 Å². The van der Waals surface area contributed by atoms with Crippen LogP contribution in [0.4, 0.5) is 0 Å². The lowest BCUT2D eigenvalue weighted by molar-refractivity contribution is 0.0367. The Bertz CT molecular complexity index is 142. The van der Waals surface area contributed by atoms with E-state index in [1.54, 1.807) is 19.1 Å². The molecular weight excluding hydrogens is 136 g/mol. The predicted molar refractivity (Wildman–Crippen MR) is 49.5 cm³/mol. The molecule has 1 nitrogen and oxygen atoms in total. The van der Waals surface area contributed by atoms with Crippen LogP contribution in [-0.2, 0) is 0 Å². The molecule has 0 aliphatic rings. The van der Waals surface area contributed by atoms with Crippen LogP contribution in [0.2, 0.25) is 0 Å². The molecule has 0 saturated carbocycles. The summed E-state index contributed by atoms with van der Waals surface area (Å²) in [6.45, 7) is 8.93. The molecule has 1 N–H and O–H groups in total. The van der Waals surface area contributed by atoms with Crippen LogP contribution in [0.1, 0.15) is 34.0 Å². The van der Waals surface area contributed by atoms with Gasteiger partial charge in [0.1, 0.15) is 0 Å². The highest BCUT2D eigenvalue weighted by atomic mass is 16.3. The van der Waals surface area contributed by atoms with Gasteiger partial charge in [-0.3, -0.25) is 0 Å². The van der Waals surface area contributed by atoms with Crippen LogP contribution in [0.25, 0.3) is 0 Å². The van der Waals surface area contributed by atoms with Gasteiger partial charge in [0.05, 0.1) is 5.60 Å². The van der Waals surface area contributed by atoms with Crippen LogP contribution in [0.5, 0.6) is 0 Å². The second kappa shape index (κ2) is 5.14. The molecule has 0 heterocycles. The third kappa shape index (κ3) is 3.99. The molecule has 0 fully saturated rings. The van der Waals surface area contributed by atoms with E-state index in [9.17, 15) is 5.11 Å². The third-order valence-electron chi connectivity index (χ3n) is 1.63. The van der Waals surface area contributed by atoms with E-state index < -0.39 is 5.60 Å². The maximum absolute atomic E-state index is 9.92. The Hall–Kier alpha value is -0.560. The highest BCUT2D eigenvalue weighted by molar-refractivity contribution is 4.91. The molecule has 0 aromatic carbocycles. The summed E-state index contributed by atoms with van der Waals surface area (Å²) in [6, 6.07) is 0. The van der Waals surface area contributed by atoms with Crippen LogP contribution in [0.15, 0.2) is 25.3 Å². The summed E-state index contributed by atoms with van der Waals surface area (Å²) in [7, 11) is 0. The molecule has 0 bridgehead atoms. The van der Waals surface area contributed by atoms with Gasteiger partial charge in [-0.25, -0.2) is 0 Å². The molecule has 1 atom stereocenters. The van der Waals surface area contributed by atoms with E-state index in [0.29, 0.717) is 19.3 Å². The molecule has 1 unspecified atom stereocenters. The summed E-state index contributed by atoms with van der Waals surface area (Å²) in [5, 5.41) is 9.92. The molecule has 0 radical (unpaired) electrons. The zero-order chi connectivity index (χ0) is 9.61. The molecule has 0 amide bonds. The van der Waals surface area contributed by atoms with Gasteiger partial charge in [-0.1, -0.05) is 25.5 Å². The lowest BCUT2D eigenvalue weighted by atomic mass is 9.91. The third-order valence-corrected chi connectivity index (χ3v) is 1.63. The van der Waals surface area contributed by atoms with Gasteiger partial charge >= 0.3 is 0 Å². The van der Waals surface area contributed by atoms with Gasteiger partial charge in [-0.05, 0) is 19.3 Å². The summed E-state index contributed by atoms with van der Waals surface area (Å²) in [6.07, 6.45) is 4.67. The number of rotatable bonds is 6. The van der Waals surface area contributed by atoms with E-state index in [1.165, 1.54) is 0 Å². The maximum Gasteiger partial charge on any atom is 0.0716 e. The van der Waals surface area contributed by atoms with Crippen LogP contribution < -0.4 is 0 Å². The molecule has 0 saturated heterocycles. The van der Waals surface area contributed by atoms with Crippen molar-refractivity contribution in [1.29, 1.82) is 0 Å². The van der Waals surface area contributed by atoms with E-state index >= 15 is 0 Å². The van der Waals surface area contributed by atoms with E-state index in [0.717, 1.165) is 0 Å². The second-order valence-electron chi connectivity index (χ2n) is 2.82. The molecule has 0 spiro atoms. The number of hydrogen-bond donors (Lipinski definition) is 1. The van der Waals surface area contributed by atoms with Gasteiger partial charge in [-0.15, -0.1) is 13.2 Å². The molecule has 0 aromatic heterocycles. The Kier molecular flexibility index (Phi) is 3.99. The Morgan fingerprint density at radius 2 is 1.91 bits per heavy atom. The van der Waals surface area contributed by atoms with Crippen LogP contribution >= 0.6 is 0 Å². The lowest BCUT2D eigenvalue weighted by Crippen LogP contribution is -2.26. The first-order valence-corrected chi connectivity index (χ1v) is 3.90. The van der Waals surface area contributed by atoms with Crippen molar-refractivity contribution in [2.75, 3.05) is 0 Å². The summed E-state index contributed by atoms with van der Waals surface area (Å²) < 4.78 is 7.36. The van der Waals surface area contributed by atoms with Crippen molar-refractivity contribution >= 4 is 0 Å². The summed E-state index contributed by atoms with van der Waals surface area (Å²) >= 11 is 0. The van der Waals surface area contributed by atoms with Crippen molar-refractivity contribution in [3.8, 4) is 0 Å². The first kappa shape index (κ1) is 8.54. The Morgan fingerprint density at radius 3 is 2.18 bits per heavy atom. The molecule has 1 heteroatoms. The first-order valence-electron chi connectivity index (χ1n) is 4.48. The Balaban J connectivity index is 4.15. The monoisotopic (exact) mass is 155 g/mol. The minimum Gasteiger partial charge on any atom is -0.389 e. The molecular formula is C10H18O.